The fourth-order valence-corrected chi connectivity index (χ4v) is 2.98. The summed E-state index contributed by atoms with van der Waals surface area (Å²) in [5.41, 5.74) is -1.24. The van der Waals surface area contributed by atoms with Crippen LogP contribution in [-0.2, 0) is 6.18 Å². The Kier molecular flexibility index (Phi) is 4.58. The standard InChI is InChI=1S/C16H18F3NO/c17-16(18,19)13-7-5-12(6-8-13)14(21)15(11-20)9-3-1-2-4-10-15/h5-8,14,21H,1-4,9-10H2. The second-order valence-corrected chi connectivity index (χ2v) is 5.70. The number of nitriles is 1. The van der Waals surface area contributed by atoms with Crippen molar-refractivity contribution >= 4 is 0 Å². The van der Waals surface area contributed by atoms with Crippen molar-refractivity contribution in [1.29, 1.82) is 5.26 Å². The smallest absolute Gasteiger partial charge is 0.387 e. The topological polar surface area (TPSA) is 44.0 Å². The van der Waals surface area contributed by atoms with Crippen LogP contribution in [0.15, 0.2) is 24.3 Å². The molecule has 0 saturated heterocycles. The predicted molar refractivity (Wildman–Crippen MR) is 72.2 cm³/mol. The molecule has 0 aromatic heterocycles. The Bertz CT molecular complexity index is 508. The van der Waals surface area contributed by atoms with E-state index in [0.717, 1.165) is 37.8 Å². The fraction of sp³-hybridized carbons (Fsp3) is 0.562. The van der Waals surface area contributed by atoms with Crippen LogP contribution < -0.4 is 0 Å². The Morgan fingerprint density at radius 1 is 1.05 bits per heavy atom. The molecule has 5 heteroatoms. The van der Waals surface area contributed by atoms with Crippen LogP contribution in [0.1, 0.15) is 55.8 Å². The maximum absolute atomic E-state index is 12.6. The maximum atomic E-state index is 12.6. The van der Waals surface area contributed by atoms with Crippen molar-refractivity contribution in [2.75, 3.05) is 0 Å². The van der Waals surface area contributed by atoms with Crippen LogP contribution in [0.4, 0.5) is 13.2 Å². The van der Waals surface area contributed by atoms with Gasteiger partial charge in [-0.15, -0.1) is 0 Å². The average Bonchev–Trinajstić information content (AvgIpc) is 2.72. The van der Waals surface area contributed by atoms with Gasteiger partial charge in [0.2, 0.25) is 0 Å². The minimum atomic E-state index is -4.39. The summed E-state index contributed by atoms with van der Waals surface area (Å²) in [5, 5.41) is 20.0. The van der Waals surface area contributed by atoms with Crippen LogP contribution in [-0.4, -0.2) is 5.11 Å². The molecule has 21 heavy (non-hydrogen) atoms. The molecule has 1 unspecified atom stereocenters. The molecule has 1 fully saturated rings. The summed E-state index contributed by atoms with van der Waals surface area (Å²) in [4.78, 5) is 0. The average molecular weight is 297 g/mol. The Hall–Kier alpha value is -1.54. The van der Waals surface area contributed by atoms with Gasteiger partial charge >= 0.3 is 6.18 Å². The second kappa shape index (κ2) is 6.07. The SMILES string of the molecule is N#CC1(C(O)c2ccc(C(F)(F)F)cc2)CCCCCC1. The van der Waals surface area contributed by atoms with Crippen LogP contribution in [0.3, 0.4) is 0 Å². The molecule has 0 radical (unpaired) electrons. The molecule has 0 amide bonds. The molecular weight excluding hydrogens is 279 g/mol. The lowest BCUT2D eigenvalue weighted by molar-refractivity contribution is -0.137. The summed E-state index contributed by atoms with van der Waals surface area (Å²) in [7, 11) is 0. The van der Waals surface area contributed by atoms with Gasteiger partial charge in [-0.2, -0.15) is 18.4 Å². The van der Waals surface area contributed by atoms with Gasteiger partial charge in [0.25, 0.3) is 0 Å². The van der Waals surface area contributed by atoms with Crippen LogP contribution in [0, 0.1) is 16.7 Å². The Balaban J connectivity index is 2.25. The third-order valence-electron chi connectivity index (χ3n) is 4.30. The second-order valence-electron chi connectivity index (χ2n) is 5.70. The first kappa shape index (κ1) is 15.8. The molecule has 1 N–H and O–H groups in total. The Labute approximate surface area is 122 Å². The van der Waals surface area contributed by atoms with Crippen molar-refractivity contribution in [3.05, 3.63) is 35.4 Å². The lowest BCUT2D eigenvalue weighted by Crippen LogP contribution is -2.27. The molecule has 0 bridgehead atoms. The lowest BCUT2D eigenvalue weighted by atomic mass is 9.74. The summed E-state index contributed by atoms with van der Waals surface area (Å²) in [6.07, 6.45) is -0.457. The number of nitrogens with zero attached hydrogens (tertiary/aromatic N) is 1. The lowest BCUT2D eigenvalue weighted by Gasteiger charge is -2.31. The minimum absolute atomic E-state index is 0.381. The van der Waals surface area contributed by atoms with Crippen LogP contribution in [0.5, 0.6) is 0 Å². The number of alkyl halides is 3. The number of aliphatic hydroxyl groups excluding tert-OH is 1. The van der Waals surface area contributed by atoms with E-state index in [2.05, 4.69) is 6.07 Å². The number of hydrogen-bond donors (Lipinski definition) is 1. The molecule has 1 aliphatic rings. The normalized spacial score (nSPS) is 20.3. The summed E-state index contributed by atoms with van der Waals surface area (Å²) >= 11 is 0. The first-order valence-electron chi connectivity index (χ1n) is 7.15. The highest BCUT2D eigenvalue weighted by Crippen LogP contribution is 2.44. The first-order chi connectivity index (χ1) is 9.89. The van der Waals surface area contributed by atoms with E-state index in [0.29, 0.717) is 18.4 Å². The van der Waals surface area contributed by atoms with Gasteiger partial charge in [-0.3, -0.25) is 0 Å². The van der Waals surface area contributed by atoms with Crippen molar-refractivity contribution < 1.29 is 18.3 Å². The largest absolute Gasteiger partial charge is 0.416 e. The molecule has 0 spiro atoms. The fourth-order valence-electron chi connectivity index (χ4n) is 2.98. The third-order valence-corrected chi connectivity index (χ3v) is 4.30. The van der Waals surface area contributed by atoms with Gasteiger partial charge in [0.1, 0.15) is 0 Å². The molecule has 0 aliphatic heterocycles. The Morgan fingerprint density at radius 3 is 2.00 bits per heavy atom. The zero-order chi connectivity index (χ0) is 15.5. The first-order valence-corrected chi connectivity index (χ1v) is 7.15. The van der Waals surface area contributed by atoms with Gasteiger partial charge in [-0.25, -0.2) is 0 Å². The van der Waals surface area contributed by atoms with Crippen molar-refractivity contribution in [1.82, 2.24) is 0 Å². The monoisotopic (exact) mass is 297 g/mol. The van der Waals surface area contributed by atoms with E-state index in [9.17, 15) is 23.5 Å². The Morgan fingerprint density at radius 2 is 1.57 bits per heavy atom. The van der Waals surface area contributed by atoms with Crippen molar-refractivity contribution in [3.8, 4) is 6.07 Å². The molecule has 1 aliphatic carbocycles. The number of halogens is 3. The molecule has 114 valence electrons. The van der Waals surface area contributed by atoms with E-state index < -0.39 is 23.3 Å². The highest BCUT2D eigenvalue weighted by Gasteiger charge is 2.39. The van der Waals surface area contributed by atoms with Crippen molar-refractivity contribution in [2.45, 2.75) is 50.8 Å². The van der Waals surface area contributed by atoms with Crippen molar-refractivity contribution in [3.63, 3.8) is 0 Å². The molecule has 1 aromatic rings. The number of rotatable bonds is 2. The summed E-state index contributed by atoms with van der Waals surface area (Å²) in [6, 6.07) is 6.70. The number of benzene rings is 1. The van der Waals surface area contributed by atoms with E-state index in [-0.39, 0.29) is 0 Å². The van der Waals surface area contributed by atoms with Gasteiger partial charge in [0.15, 0.2) is 0 Å². The molecule has 1 atom stereocenters. The van der Waals surface area contributed by atoms with Gasteiger partial charge in [0.05, 0.1) is 23.2 Å². The quantitative estimate of drug-likeness (QED) is 0.810. The molecular formula is C16H18F3NO. The van der Waals surface area contributed by atoms with E-state index in [4.69, 9.17) is 0 Å². The zero-order valence-corrected chi connectivity index (χ0v) is 11.7. The molecule has 2 rings (SSSR count). The van der Waals surface area contributed by atoms with Gasteiger partial charge in [-0.05, 0) is 30.5 Å². The van der Waals surface area contributed by atoms with Crippen LogP contribution in [0.25, 0.3) is 0 Å². The molecule has 2 nitrogen and oxygen atoms in total. The van der Waals surface area contributed by atoms with Gasteiger partial charge in [-0.1, -0.05) is 37.8 Å². The maximum Gasteiger partial charge on any atom is 0.416 e. The predicted octanol–water partition coefficient (Wildman–Crippen LogP) is 4.60. The van der Waals surface area contributed by atoms with E-state index >= 15 is 0 Å². The van der Waals surface area contributed by atoms with E-state index in [1.54, 1.807) is 0 Å². The number of hydrogen-bond acceptors (Lipinski definition) is 2. The minimum Gasteiger partial charge on any atom is -0.387 e. The van der Waals surface area contributed by atoms with Crippen LogP contribution in [0.2, 0.25) is 0 Å². The van der Waals surface area contributed by atoms with Crippen molar-refractivity contribution in [2.24, 2.45) is 5.41 Å². The highest BCUT2D eigenvalue weighted by molar-refractivity contribution is 5.28. The summed E-state index contributed by atoms with van der Waals surface area (Å²) in [5.74, 6) is 0. The zero-order valence-electron chi connectivity index (χ0n) is 11.7. The van der Waals surface area contributed by atoms with Crippen LogP contribution >= 0.6 is 0 Å². The third kappa shape index (κ3) is 3.38. The van der Waals surface area contributed by atoms with E-state index in [1.807, 2.05) is 0 Å². The summed E-state index contributed by atoms with van der Waals surface area (Å²) in [6.45, 7) is 0. The molecule has 1 saturated carbocycles. The highest BCUT2D eigenvalue weighted by atomic mass is 19.4. The molecule has 1 aromatic carbocycles. The van der Waals surface area contributed by atoms with E-state index in [1.165, 1.54) is 12.1 Å². The summed E-state index contributed by atoms with van der Waals surface area (Å²) < 4.78 is 37.7. The number of aliphatic hydroxyl groups is 1. The molecule has 0 heterocycles. The van der Waals surface area contributed by atoms with Gasteiger partial charge < -0.3 is 5.11 Å². The van der Waals surface area contributed by atoms with Gasteiger partial charge in [0, 0.05) is 0 Å².